The largest absolute Gasteiger partial charge is 0.287 e. The molecule has 0 aliphatic rings. The molecule has 0 bridgehead atoms. The van der Waals surface area contributed by atoms with E-state index in [-0.39, 0.29) is 5.12 Å². The smallest absolute Gasteiger partial charge is 0.193 e. The zero-order chi connectivity index (χ0) is 14.8. The Hall–Kier alpha value is -0.760. The number of carbonyl (C=O) groups excluding carboxylic acids is 1. The van der Waals surface area contributed by atoms with E-state index in [9.17, 15) is 4.79 Å². The van der Waals surface area contributed by atoms with Crippen LogP contribution in [-0.4, -0.2) is 10.4 Å². The Labute approximate surface area is 123 Å². The monoisotopic (exact) mass is 280 g/mol. The van der Waals surface area contributed by atoms with Crippen molar-refractivity contribution < 1.29 is 4.79 Å². The van der Waals surface area contributed by atoms with Gasteiger partial charge in [-0.3, -0.25) is 4.79 Å². The molecule has 108 valence electrons. The Morgan fingerprint density at radius 2 is 1.58 bits per heavy atom. The summed E-state index contributed by atoms with van der Waals surface area (Å²) in [7, 11) is 0. The summed E-state index contributed by atoms with van der Waals surface area (Å²) in [5.41, 5.74) is 2.51. The topological polar surface area (TPSA) is 17.1 Å². The molecule has 0 fully saturated rings. The fourth-order valence-electron chi connectivity index (χ4n) is 1.83. The van der Waals surface area contributed by atoms with Crippen LogP contribution in [0.3, 0.4) is 0 Å². The van der Waals surface area contributed by atoms with Gasteiger partial charge in [-0.1, -0.05) is 77.6 Å². The number of thioether (sulfide) groups is 1. The minimum atomic E-state index is 0.274. The normalized spacial score (nSPS) is 10.3. The number of hydrogen-bond donors (Lipinski definition) is 0. The molecule has 0 saturated carbocycles. The van der Waals surface area contributed by atoms with Gasteiger partial charge in [-0.05, 0) is 23.5 Å². The van der Waals surface area contributed by atoms with Crippen LogP contribution >= 0.6 is 11.8 Å². The van der Waals surface area contributed by atoms with Gasteiger partial charge in [0.25, 0.3) is 0 Å². The van der Waals surface area contributed by atoms with E-state index in [1.54, 1.807) is 0 Å². The Morgan fingerprint density at radius 3 is 2.05 bits per heavy atom. The highest BCUT2D eigenvalue weighted by atomic mass is 32.2. The predicted molar refractivity (Wildman–Crippen MR) is 87.8 cm³/mol. The van der Waals surface area contributed by atoms with Gasteiger partial charge < -0.3 is 0 Å². The minimum Gasteiger partial charge on any atom is -0.287 e. The number of hydrogen-bond acceptors (Lipinski definition) is 2. The minimum absolute atomic E-state index is 0.274. The van der Waals surface area contributed by atoms with Gasteiger partial charge >= 0.3 is 0 Å². The molecule has 1 nitrogen and oxygen atoms in total. The van der Waals surface area contributed by atoms with Crippen LogP contribution in [-0.2, 0) is 17.6 Å². The fourth-order valence-corrected chi connectivity index (χ4v) is 2.59. The molecule has 0 aliphatic carbocycles. The van der Waals surface area contributed by atoms with Crippen molar-refractivity contribution >= 4 is 16.9 Å². The molecule has 1 rings (SSSR count). The van der Waals surface area contributed by atoms with Gasteiger partial charge in [0.1, 0.15) is 0 Å². The molecule has 1 aromatic rings. The second-order valence-electron chi connectivity index (χ2n) is 5.08. The third-order valence-corrected chi connectivity index (χ3v) is 3.33. The van der Waals surface area contributed by atoms with E-state index in [0.717, 1.165) is 6.42 Å². The lowest BCUT2D eigenvalue weighted by Crippen LogP contribution is -2.06. The highest BCUT2D eigenvalue weighted by molar-refractivity contribution is 8.14. The highest BCUT2D eigenvalue weighted by Crippen LogP contribution is 2.19. The summed E-state index contributed by atoms with van der Waals surface area (Å²) in [6, 6.07) is 8.30. The van der Waals surface area contributed by atoms with Gasteiger partial charge in [0, 0.05) is 11.7 Å². The van der Waals surface area contributed by atoms with Crippen molar-refractivity contribution in [2.24, 2.45) is 5.92 Å². The lowest BCUT2D eigenvalue weighted by Gasteiger charge is -2.11. The molecule has 0 aliphatic heterocycles. The van der Waals surface area contributed by atoms with Crippen LogP contribution < -0.4 is 0 Å². The predicted octanol–water partition coefficient (Wildman–Crippen LogP) is 5.12. The SMILES string of the molecule is CC.CC(C)Cc1ccccc1CC(=O)SC(C)C. The highest BCUT2D eigenvalue weighted by Gasteiger charge is 2.10. The average molecular weight is 280 g/mol. The second kappa shape index (κ2) is 10.1. The molecule has 0 radical (unpaired) electrons. The molecule has 0 unspecified atom stereocenters. The first-order valence-electron chi connectivity index (χ1n) is 7.25. The Bertz CT molecular complexity index is 369. The summed E-state index contributed by atoms with van der Waals surface area (Å²) in [6.07, 6.45) is 1.61. The first kappa shape index (κ1) is 18.2. The maximum Gasteiger partial charge on any atom is 0.193 e. The van der Waals surface area contributed by atoms with Gasteiger partial charge in [-0.15, -0.1) is 0 Å². The van der Waals surface area contributed by atoms with Crippen LogP contribution in [0, 0.1) is 5.92 Å². The standard InChI is InChI=1S/C15H22OS.C2H6/c1-11(2)9-13-7-5-6-8-14(13)10-15(16)17-12(3)4;1-2/h5-8,11-12H,9-10H2,1-4H3;1-2H3. The van der Waals surface area contributed by atoms with Crippen molar-refractivity contribution in [1.82, 2.24) is 0 Å². The van der Waals surface area contributed by atoms with E-state index < -0.39 is 0 Å². The zero-order valence-electron chi connectivity index (χ0n) is 13.2. The van der Waals surface area contributed by atoms with E-state index in [2.05, 4.69) is 45.9 Å². The molecule has 2 heteroatoms. The van der Waals surface area contributed by atoms with Crippen LogP contribution in [0.15, 0.2) is 24.3 Å². The molecule has 0 amide bonds. The maximum atomic E-state index is 11.8. The Balaban J connectivity index is 0.00000154. The number of benzene rings is 1. The summed E-state index contributed by atoms with van der Waals surface area (Å²) >= 11 is 1.44. The summed E-state index contributed by atoms with van der Waals surface area (Å²) in [6.45, 7) is 12.5. The van der Waals surface area contributed by atoms with E-state index in [1.165, 1.54) is 22.9 Å². The van der Waals surface area contributed by atoms with Gasteiger partial charge in [0.05, 0.1) is 0 Å². The van der Waals surface area contributed by atoms with Gasteiger partial charge in [-0.2, -0.15) is 0 Å². The van der Waals surface area contributed by atoms with Crippen molar-refractivity contribution in [3.8, 4) is 0 Å². The van der Waals surface area contributed by atoms with Crippen LogP contribution in [0.2, 0.25) is 0 Å². The molecule has 0 saturated heterocycles. The molecule has 0 heterocycles. The number of rotatable bonds is 5. The van der Waals surface area contributed by atoms with Crippen LogP contribution in [0.25, 0.3) is 0 Å². The molecular weight excluding hydrogens is 252 g/mol. The second-order valence-corrected chi connectivity index (χ2v) is 6.72. The summed E-state index contributed by atoms with van der Waals surface area (Å²) in [4.78, 5) is 11.8. The lowest BCUT2D eigenvalue weighted by atomic mass is 9.97. The van der Waals surface area contributed by atoms with Crippen molar-refractivity contribution in [1.29, 1.82) is 0 Å². The first-order chi connectivity index (χ1) is 8.99. The molecule has 19 heavy (non-hydrogen) atoms. The molecule has 0 atom stereocenters. The van der Waals surface area contributed by atoms with E-state index >= 15 is 0 Å². The van der Waals surface area contributed by atoms with Gasteiger partial charge in [0.15, 0.2) is 5.12 Å². The van der Waals surface area contributed by atoms with Crippen molar-refractivity contribution in [3.05, 3.63) is 35.4 Å². The summed E-state index contributed by atoms with van der Waals surface area (Å²) in [5.74, 6) is 0.629. The fraction of sp³-hybridized carbons (Fsp3) is 0.588. The van der Waals surface area contributed by atoms with E-state index in [4.69, 9.17) is 0 Å². The van der Waals surface area contributed by atoms with Crippen molar-refractivity contribution in [2.45, 2.75) is 59.6 Å². The van der Waals surface area contributed by atoms with Crippen LogP contribution in [0.1, 0.15) is 52.7 Å². The number of carbonyl (C=O) groups is 1. The maximum absolute atomic E-state index is 11.8. The average Bonchev–Trinajstić information content (AvgIpc) is 2.32. The van der Waals surface area contributed by atoms with Crippen molar-refractivity contribution in [3.63, 3.8) is 0 Å². The van der Waals surface area contributed by atoms with E-state index in [0.29, 0.717) is 17.6 Å². The molecule has 0 N–H and O–H groups in total. The van der Waals surface area contributed by atoms with E-state index in [1.807, 2.05) is 19.9 Å². The Morgan fingerprint density at radius 1 is 1.05 bits per heavy atom. The zero-order valence-corrected chi connectivity index (χ0v) is 14.0. The van der Waals surface area contributed by atoms with Crippen LogP contribution in [0.5, 0.6) is 0 Å². The van der Waals surface area contributed by atoms with Crippen molar-refractivity contribution in [2.75, 3.05) is 0 Å². The van der Waals surface area contributed by atoms with Crippen LogP contribution in [0.4, 0.5) is 0 Å². The van der Waals surface area contributed by atoms with Gasteiger partial charge in [0.2, 0.25) is 0 Å². The summed E-state index contributed by atoms with van der Waals surface area (Å²) < 4.78 is 0. The third kappa shape index (κ3) is 8.10. The molecular formula is C17H28OS. The molecule has 0 aromatic heterocycles. The third-order valence-electron chi connectivity index (χ3n) is 2.45. The Kier molecular flexibility index (Phi) is 9.68. The quantitative estimate of drug-likeness (QED) is 0.744. The molecule has 1 aromatic carbocycles. The lowest BCUT2D eigenvalue weighted by molar-refractivity contribution is -0.110. The van der Waals surface area contributed by atoms with Gasteiger partial charge in [-0.25, -0.2) is 0 Å². The first-order valence-corrected chi connectivity index (χ1v) is 8.13. The molecule has 0 spiro atoms. The summed E-state index contributed by atoms with van der Waals surface area (Å²) in [5, 5.41) is 0.649.